The quantitative estimate of drug-likeness (QED) is 0.884. The maximum Gasteiger partial charge on any atom is 0.339 e. The Morgan fingerprint density at radius 3 is 2.60 bits per heavy atom. The lowest BCUT2D eigenvalue weighted by Gasteiger charge is -2.07. The van der Waals surface area contributed by atoms with Crippen molar-refractivity contribution in [2.75, 3.05) is 0 Å². The van der Waals surface area contributed by atoms with Crippen LogP contribution in [0.5, 0.6) is 0 Å². The summed E-state index contributed by atoms with van der Waals surface area (Å²) in [6.45, 7) is 0.266. The van der Waals surface area contributed by atoms with Crippen molar-refractivity contribution in [3.05, 3.63) is 53.3 Å². The number of alkyl halides is 2. The first-order chi connectivity index (χ1) is 9.59. The number of hydrogen-bond acceptors (Lipinski definition) is 2. The fraction of sp³-hybridized carbons (Fsp3) is 0.286. The summed E-state index contributed by atoms with van der Waals surface area (Å²) >= 11 is 0. The minimum absolute atomic E-state index is 0.266. The molecule has 2 rings (SSSR count). The highest BCUT2D eigenvalue weighted by Crippen LogP contribution is 2.23. The van der Waals surface area contributed by atoms with Gasteiger partial charge >= 0.3 is 5.97 Å². The maximum absolute atomic E-state index is 12.9. The monoisotopic (exact) mass is 280 g/mol. The Kier molecular flexibility index (Phi) is 4.45. The highest BCUT2D eigenvalue weighted by atomic mass is 19.3. The third kappa shape index (κ3) is 3.20. The topological polar surface area (TPSA) is 55.1 Å². The summed E-state index contributed by atoms with van der Waals surface area (Å²) in [5, 5.41) is 12.6. The van der Waals surface area contributed by atoms with Crippen LogP contribution in [0.25, 0.3) is 0 Å². The first kappa shape index (κ1) is 14.2. The average molecular weight is 280 g/mol. The Hall–Kier alpha value is -2.24. The molecule has 2 aromatic rings. The van der Waals surface area contributed by atoms with E-state index < -0.39 is 23.7 Å². The number of hydrogen-bond donors (Lipinski definition) is 1. The number of rotatable bonds is 6. The molecule has 0 aliphatic rings. The zero-order valence-electron chi connectivity index (χ0n) is 10.7. The molecule has 0 amide bonds. The summed E-state index contributed by atoms with van der Waals surface area (Å²) in [6.07, 6.45) is -0.525. The molecule has 0 saturated carbocycles. The third-order valence-corrected chi connectivity index (χ3v) is 3.00. The molecule has 106 valence electrons. The molecule has 0 saturated heterocycles. The van der Waals surface area contributed by atoms with Gasteiger partial charge in [0.25, 0.3) is 6.43 Å². The van der Waals surface area contributed by atoms with Crippen molar-refractivity contribution in [2.45, 2.75) is 25.8 Å². The van der Waals surface area contributed by atoms with Crippen LogP contribution in [0.1, 0.15) is 34.5 Å². The maximum atomic E-state index is 12.9. The van der Waals surface area contributed by atoms with Gasteiger partial charge in [0.1, 0.15) is 11.3 Å². The molecule has 4 nitrogen and oxygen atoms in total. The molecule has 0 fully saturated rings. The molecule has 0 aliphatic heterocycles. The number of aromatic nitrogens is 2. The summed E-state index contributed by atoms with van der Waals surface area (Å²) in [5.41, 5.74) is 0.155. The fourth-order valence-electron chi connectivity index (χ4n) is 2.05. The Morgan fingerprint density at radius 1 is 1.30 bits per heavy atom. The number of carboxylic acids is 1. The van der Waals surface area contributed by atoms with Gasteiger partial charge in [-0.15, -0.1) is 0 Å². The number of halogens is 2. The van der Waals surface area contributed by atoms with Gasteiger partial charge in [-0.3, -0.25) is 4.68 Å². The van der Waals surface area contributed by atoms with E-state index in [1.54, 1.807) is 0 Å². The van der Waals surface area contributed by atoms with Crippen LogP contribution in [-0.4, -0.2) is 20.9 Å². The van der Waals surface area contributed by atoms with Gasteiger partial charge in [-0.05, 0) is 18.4 Å². The Labute approximate surface area is 114 Å². The van der Waals surface area contributed by atoms with E-state index in [2.05, 4.69) is 5.10 Å². The minimum atomic E-state index is -2.85. The molecular weight excluding hydrogens is 266 g/mol. The van der Waals surface area contributed by atoms with Crippen LogP contribution < -0.4 is 0 Å². The van der Waals surface area contributed by atoms with Crippen LogP contribution in [-0.2, 0) is 13.0 Å². The molecule has 0 aliphatic carbocycles. The summed E-state index contributed by atoms with van der Waals surface area (Å²) in [6, 6.07) is 9.65. The van der Waals surface area contributed by atoms with E-state index in [0.717, 1.165) is 22.9 Å². The lowest BCUT2D eigenvalue weighted by atomic mass is 10.1. The van der Waals surface area contributed by atoms with E-state index in [1.165, 1.54) is 0 Å². The van der Waals surface area contributed by atoms with Gasteiger partial charge in [0.15, 0.2) is 0 Å². The molecule has 1 aromatic heterocycles. The van der Waals surface area contributed by atoms with Crippen molar-refractivity contribution in [2.24, 2.45) is 0 Å². The predicted molar refractivity (Wildman–Crippen MR) is 68.9 cm³/mol. The molecule has 0 radical (unpaired) electrons. The predicted octanol–water partition coefficient (Wildman–Crippen LogP) is 3.15. The zero-order valence-corrected chi connectivity index (χ0v) is 10.7. The average Bonchev–Trinajstić information content (AvgIpc) is 2.84. The van der Waals surface area contributed by atoms with Gasteiger partial charge in [0, 0.05) is 6.54 Å². The smallest absolute Gasteiger partial charge is 0.339 e. The van der Waals surface area contributed by atoms with Crippen molar-refractivity contribution in [3.63, 3.8) is 0 Å². The van der Waals surface area contributed by atoms with E-state index >= 15 is 0 Å². The molecule has 1 aromatic carbocycles. The van der Waals surface area contributed by atoms with Crippen LogP contribution in [0.2, 0.25) is 0 Å². The Morgan fingerprint density at radius 2 is 2.00 bits per heavy atom. The van der Waals surface area contributed by atoms with Gasteiger partial charge < -0.3 is 5.11 Å². The second kappa shape index (κ2) is 6.27. The summed E-state index contributed by atoms with van der Waals surface area (Å²) < 4.78 is 26.9. The van der Waals surface area contributed by atoms with E-state index in [4.69, 9.17) is 5.11 Å². The van der Waals surface area contributed by atoms with Crippen LogP contribution in [0.15, 0.2) is 36.5 Å². The number of carbonyl (C=O) groups is 1. The minimum Gasteiger partial charge on any atom is -0.478 e. The van der Waals surface area contributed by atoms with Crippen LogP contribution >= 0.6 is 0 Å². The molecule has 0 bridgehead atoms. The van der Waals surface area contributed by atoms with Crippen molar-refractivity contribution in [1.82, 2.24) is 9.78 Å². The van der Waals surface area contributed by atoms with E-state index in [-0.39, 0.29) is 6.54 Å². The molecule has 6 heteroatoms. The van der Waals surface area contributed by atoms with Gasteiger partial charge in [0.2, 0.25) is 0 Å². The van der Waals surface area contributed by atoms with Gasteiger partial charge in [-0.1, -0.05) is 30.3 Å². The second-order valence-electron chi connectivity index (χ2n) is 4.36. The normalized spacial score (nSPS) is 10.9. The third-order valence-electron chi connectivity index (χ3n) is 3.00. The number of aryl methyl sites for hydroxylation is 2. The second-order valence-corrected chi connectivity index (χ2v) is 4.36. The molecule has 20 heavy (non-hydrogen) atoms. The SMILES string of the molecule is O=C(O)c1cnn(CCCc2ccccc2)c1C(F)F. The van der Waals surface area contributed by atoms with Crippen LogP contribution in [0, 0.1) is 0 Å². The van der Waals surface area contributed by atoms with Crippen LogP contribution in [0.3, 0.4) is 0 Å². The van der Waals surface area contributed by atoms with Gasteiger partial charge in [0.05, 0.1) is 6.20 Å². The van der Waals surface area contributed by atoms with Crippen molar-refractivity contribution >= 4 is 5.97 Å². The standard InChI is InChI=1S/C14H14F2N2O2/c15-13(16)12-11(14(19)20)9-17-18(12)8-4-7-10-5-2-1-3-6-10/h1-3,5-6,9,13H,4,7-8H2,(H,19,20). The molecule has 1 N–H and O–H groups in total. The molecule has 0 unspecified atom stereocenters. The largest absolute Gasteiger partial charge is 0.478 e. The van der Waals surface area contributed by atoms with E-state index in [0.29, 0.717) is 6.42 Å². The highest BCUT2D eigenvalue weighted by molar-refractivity contribution is 5.88. The molecule has 0 atom stereocenters. The highest BCUT2D eigenvalue weighted by Gasteiger charge is 2.23. The van der Waals surface area contributed by atoms with Crippen molar-refractivity contribution in [1.29, 1.82) is 0 Å². The fourth-order valence-corrected chi connectivity index (χ4v) is 2.05. The van der Waals surface area contributed by atoms with Gasteiger partial charge in [-0.25, -0.2) is 13.6 Å². The zero-order chi connectivity index (χ0) is 14.5. The molecule has 0 spiro atoms. The van der Waals surface area contributed by atoms with E-state index in [1.807, 2.05) is 30.3 Å². The number of carboxylic acid groups (broad SMARTS) is 1. The summed E-state index contributed by atoms with van der Waals surface area (Å²) in [5.74, 6) is -1.38. The van der Waals surface area contributed by atoms with Crippen LogP contribution in [0.4, 0.5) is 8.78 Å². The van der Waals surface area contributed by atoms with Crippen molar-refractivity contribution < 1.29 is 18.7 Å². The molecular formula is C14H14F2N2O2. The lowest BCUT2D eigenvalue weighted by molar-refractivity contribution is 0.0682. The van der Waals surface area contributed by atoms with Crippen molar-refractivity contribution in [3.8, 4) is 0 Å². The first-order valence-electron chi connectivity index (χ1n) is 6.20. The lowest BCUT2D eigenvalue weighted by Crippen LogP contribution is -2.09. The number of nitrogens with zero attached hydrogens (tertiary/aromatic N) is 2. The first-order valence-corrected chi connectivity index (χ1v) is 6.20. The molecule has 1 heterocycles. The number of aromatic carboxylic acids is 1. The Bertz CT molecular complexity index is 582. The van der Waals surface area contributed by atoms with E-state index in [9.17, 15) is 13.6 Å². The Balaban J connectivity index is 2.04. The van der Waals surface area contributed by atoms with Gasteiger partial charge in [-0.2, -0.15) is 5.10 Å². The summed E-state index contributed by atoms with van der Waals surface area (Å²) in [4.78, 5) is 10.8. The number of benzene rings is 1. The summed E-state index contributed by atoms with van der Waals surface area (Å²) in [7, 11) is 0.